The average Bonchev–Trinajstić information content (AvgIpc) is 3.19. The Labute approximate surface area is 173 Å². The summed E-state index contributed by atoms with van der Waals surface area (Å²) in [4.78, 5) is 15.6. The van der Waals surface area contributed by atoms with Gasteiger partial charge in [0.05, 0.1) is 4.90 Å². The van der Waals surface area contributed by atoms with E-state index in [1.807, 2.05) is 0 Å². The van der Waals surface area contributed by atoms with Gasteiger partial charge in [-0.2, -0.15) is 0 Å². The Balaban J connectivity index is 1.61. The maximum absolute atomic E-state index is 13.3. The van der Waals surface area contributed by atoms with Crippen LogP contribution in [0.25, 0.3) is 0 Å². The fourth-order valence-electron chi connectivity index (χ4n) is 4.35. The summed E-state index contributed by atoms with van der Waals surface area (Å²) in [5.41, 5.74) is 0. The molecule has 7 heteroatoms. The summed E-state index contributed by atoms with van der Waals surface area (Å²) < 4.78 is 25.3. The molecule has 0 unspecified atom stereocenters. The topological polar surface area (TPSA) is 66.5 Å². The van der Waals surface area contributed by atoms with Crippen molar-refractivity contribution in [3.8, 4) is 0 Å². The number of rotatable bonds is 7. The lowest BCUT2D eigenvalue weighted by Gasteiger charge is -2.30. The summed E-state index contributed by atoms with van der Waals surface area (Å²) in [5, 5.41) is 3.41. The molecule has 0 spiro atoms. The Hall–Kier alpha value is -1.11. The highest BCUT2D eigenvalue weighted by Gasteiger charge is 2.52. The van der Waals surface area contributed by atoms with Gasteiger partial charge in [0.15, 0.2) is 14.6 Å². The van der Waals surface area contributed by atoms with E-state index in [0.29, 0.717) is 24.4 Å². The van der Waals surface area contributed by atoms with Crippen LogP contribution in [0.1, 0.15) is 51.9 Å². The van der Waals surface area contributed by atoms with Gasteiger partial charge >= 0.3 is 0 Å². The largest absolute Gasteiger partial charge is 0.355 e. The quantitative estimate of drug-likeness (QED) is 0.675. The number of nitrogens with zero attached hydrogens (tertiary/aromatic N) is 1. The van der Waals surface area contributed by atoms with Crippen LogP contribution < -0.4 is 5.32 Å². The third-order valence-electron chi connectivity index (χ3n) is 6.28. The van der Waals surface area contributed by atoms with Crippen molar-refractivity contribution in [3.63, 3.8) is 0 Å². The lowest BCUT2D eigenvalue weighted by atomic mass is 9.99. The highest BCUT2D eigenvalue weighted by atomic mass is 35.5. The van der Waals surface area contributed by atoms with Crippen molar-refractivity contribution in [2.24, 2.45) is 5.92 Å². The Morgan fingerprint density at radius 3 is 2.39 bits per heavy atom. The smallest absolute Gasteiger partial charge is 0.241 e. The van der Waals surface area contributed by atoms with Gasteiger partial charge in [-0.1, -0.05) is 31.4 Å². The summed E-state index contributed by atoms with van der Waals surface area (Å²) in [6, 6.07) is 6.13. The lowest BCUT2D eigenvalue weighted by molar-refractivity contribution is -0.123. The van der Waals surface area contributed by atoms with Gasteiger partial charge in [-0.15, -0.1) is 0 Å². The second-order valence-electron chi connectivity index (χ2n) is 8.29. The van der Waals surface area contributed by atoms with Crippen LogP contribution in [0.3, 0.4) is 0 Å². The van der Waals surface area contributed by atoms with Gasteiger partial charge in [0.2, 0.25) is 5.91 Å². The van der Waals surface area contributed by atoms with E-state index in [2.05, 4.69) is 17.1 Å². The van der Waals surface area contributed by atoms with Crippen LogP contribution in [0.2, 0.25) is 5.02 Å². The molecule has 5 nitrogen and oxygen atoms in total. The van der Waals surface area contributed by atoms with Gasteiger partial charge in [-0.3, -0.25) is 4.79 Å². The van der Waals surface area contributed by atoms with E-state index in [4.69, 9.17) is 11.6 Å². The van der Waals surface area contributed by atoms with Gasteiger partial charge in [0.25, 0.3) is 0 Å². The number of piperidine rings is 1. The van der Waals surface area contributed by atoms with E-state index < -0.39 is 14.6 Å². The minimum atomic E-state index is -3.76. The number of hydrogen-bond donors (Lipinski definition) is 1. The van der Waals surface area contributed by atoms with Crippen molar-refractivity contribution in [1.82, 2.24) is 10.2 Å². The number of carbonyl (C=O) groups is 1. The van der Waals surface area contributed by atoms with Crippen LogP contribution >= 0.6 is 11.6 Å². The third-order valence-corrected chi connectivity index (χ3v) is 9.04. The maximum atomic E-state index is 13.3. The Morgan fingerprint density at radius 1 is 1.18 bits per heavy atom. The zero-order chi connectivity index (χ0) is 20.2. The fourth-order valence-corrected chi connectivity index (χ4v) is 6.57. The molecule has 1 saturated carbocycles. The lowest BCUT2D eigenvalue weighted by Crippen LogP contribution is -2.51. The Bertz CT molecular complexity index is 765. The van der Waals surface area contributed by atoms with Crippen LogP contribution in [0.5, 0.6) is 0 Å². The van der Waals surface area contributed by atoms with Crippen LogP contribution in [0.4, 0.5) is 0 Å². The van der Waals surface area contributed by atoms with Crippen molar-refractivity contribution in [2.75, 3.05) is 26.2 Å². The zero-order valence-electron chi connectivity index (χ0n) is 16.6. The highest BCUT2D eigenvalue weighted by Crippen LogP contribution is 2.41. The number of sulfone groups is 1. The fraction of sp³-hybridized carbons (Fsp3) is 0.667. The molecule has 1 heterocycles. The minimum absolute atomic E-state index is 0.177. The first-order chi connectivity index (χ1) is 13.3. The van der Waals surface area contributed by atoms with Crippen LogP contribution in [0, 0.1) is 5.92 Å². The highest BCUT2D eigenvalue weighted by molar-refractivity contribution is 7.93. The van der Waals surface area contributed by atoms with Crippen LogP contribution in [0.15, 0.2) is 29.2 Å². The Kier molecular flexibility index (Phi) is 7.05. The summed E-state index contributed by atoms with van der Waals surface area (Å²) in [6.45, 7) is 5.99. The van der Waals surface area contributed by atoms with Crippen molar-refractivity contribution in [1.29, 1.82) is 0 Å². The maximum Gasteiger partial charge on any atom is 0.241 e. The Morgan fingerprint density at radius 2 is 1.79 bits per heavy atom. The van der Waals surface area contributed by atoms with E-state index in [1.165, 1.54) is 25.0 Å². The molecule has 1 N–H and O–H groups in total. The SMILES string of the molecule is CC1CCN(CCCNC(=O)C2(S(=O)(=O)c3ccc(Cl)cc3)CCCC2)CC1. The molecule has 1 aliphatic carbocycles. The number of benzene rings is 1. The standard InChI is InChI=1S/C21H31ClN2O3S/c1-17-9-15-24(16-10-17)14-4-13-23-20(25)21(11-2-3-12-21)28(26,27)19-7-5-18(22)6-8-19/h5-8,17H,2-4,9-16H2,1H3,(H,23,25). The van der Waals surface area contributed by atoms with Gasteiger partial charge in [0, 0.05) is 11.6 Å². The monoisotopic (exact) mass is 426 g/mol. The van der Waals surface area contributed by atoms with E-state index in [0.717, 1.165) is 44.8 Å². The molecule has 0 aromatic heterocycles. The summed E-state index contributed by atoms with van der Waals surface area (Å²) >= 11 is 5.90. The molecular weight excluding hydrogens is 396 g/mol. The minimum Gasteiger partial charge on any atom is -0.355 e. The predicted octanol–water partition coefficient (Wildman–Crippen LogP) is 3.66. The molecule has 0 radical (unpaired) electrons. The first-order valence-corrected chi connectivity index (χ1v) is 12.2. The molecule has 1 saturated heterocycles. The second-order valence-corrected chi connectivity index (χ2v) is 11.0. The molecule has 3 rings (SSSR count). The van der Waals surface area contributed by atoms with Gasteiger partial charge < -0.3 is 10.2 Å². The molecule has 0 bridgehead atoms. The summed E-state index contributed by atoms with van der Waals surface area (Å²) in [5.74, 6) is 0.462. The van der Waals surface area contributed by atoms with E-state index in [1.54, 1.807) is 12.1 Å². The molecule has 1 aliphatic heterocycles. The van der Waals surface area contributed by atoms with Gasteiger partial charge in [-0.25, -0.2) is 8.42 Å². The number of nitrogens with one attached hydrogen (secondary N) is 1. The van der Waals surface area contributed by atoms with Crippen molar-refractivity contribution >= 4 is 27.3 Å². The molecule has 1 aromatic carbocycles. The predicted molar refractivity (Wildman–Crippen MR) is 112 cm³/mol. The van der Waals surface area contributed by atoms with Crippen molar-refractivity contribution < 1.29 is 13.2 Å². The number of carbonyl (C=O) groups excluding carboxylic acids is 1. The molecule has 1 amide bonds. The van der Waals surface area contributed by atoms with Crippen molar-refractivity contribution in [3.05, 3.63) is 29.3 Å². The van der Waals surface area contributed by atoms with E-state index in [-0.39, 0.29) is 10.8 Å². The van der Waals surface area contributed by atoms with Gasteiger partial charge in [-0.05, 0) is 81.9 Å². The second kappa shape index (κ2) is 9.14. The van der Waals surface area contributed by atoms with E-state index in [9.17, 15) is 13.2 Å². The van der Waals surface area contributed by atoms with Gasteiger partial charge in [0.1, 0.15) is 0 Å². The number of amides is 1. The molecule has 2 aliphatic rings. The third kappa shape index (κ3) is 4.55. The van der Waals surface area contributed by atoms with Crippen LogP contribution in [-0.2, 0) is 14.6 Å². The molecule has 0 atom stereocenters. The summed E-state index contributed by atoms with van der Waals surface area (Å²) in [6.07, 6.45) is 5.58. The van der Waals surface area contributed by atoms with Crippen LogP contribution in [-0.4, -0.2) is 50.2 Å². The summed E-state index contributed by atoms with van der Waals surface area (Å²) in [7, 11) is -3.76. The number of hydrogen-bond acceptors (Lipinski definition) is 4. The normalized spacial score (nSPS) is 20.9. The molecule has 156 valence electrons. The van der Waals surface area contributed by atoms with E-state index >= 15 is 0 Å². The molecule has 1 aromatic rings. The first kappa shape index (κ1) is 21.6. The van der Waals surface area contributed by atoms with Crippen molar-refractivity contribution in [2.45, 2.75) is 61.5 Å². The first-order valence-electron chi connectivity index (χ1n) is 10.4. The average molecular weight is 427 g/mol. The zero-order valence-corrected chi connectivity index (χ0v) is 18.2. The molecule has 28 heavy (non-hydrogen) atoms. The number of halogens is 1. The number of likely N-dealkylation sites (tertiary alicyclic amines) is 1. The molecule has 2 fully saturated rings. The molecular formula is C21H31ClN2O3S.